The second kappa shape index (κ2) is 8.76. The Morgan fingerprint density at radius 2 is 1.69 bits per heavy atom. The van der Waals surface area contributed by atoms with Gasteiger partial charge in [-0.1, -0.05) is 55.7 Å². The van der Waals surface area contributed by atoms with Gasteiger partial charge in [-0.15, -0.1) is 0 Å². The van der Waals surface area contributed by atoms with E-state index in [-0.39, 0.29) is 20.4 Å². The van der Waals surface area contributed by atoms with Crippen LogP contribution in [0.15, 0.2) is 42.5 Å². The molecule has 0 amide bonds. The number of halogens is 3. The van der Waals surface area contributed by atoms with Crippen molar-refractivity contribution in [2.24, 2.45) is 0 Å². The van der Waals surface area contributed by atoms with Crippen LogP contribution in [0.3, 0.4) is 0 Å². The molecule has 2 aromatic rings. The molecule has 3 rings (SSSR count). The number of rotatable bonds is 6. The van der Waals surface area contributed by atoms with Crippen molar-refractivity contribution in [1.29, 1.82) is 0 Å². The molecule has 0 spiro atoms. The second-order valence-electron chi connectivity index (χ2n) is 6.91. The maximum absolute atomic E-state index is 14.7. The summed E-state index contributed by atoms with van der Waals surface area (Å²) in [5.74, 6) is 0.274. The Balaban J connectivity index is 1.70. The van der Waals surface area contributed by atoms with Crippen molar-refractivity contribution in [3.63, 3.8) is 0 Å². The van der Waals surface area contributed by atoms with Crippen molar-refractivity contribution in [2.45, 2.75) is 56.8 Å². The number of hydrogen-bond donors (Lipinski definition) is 0. The average molecular weight is 378 g/mol. The van der Waals surface area contributed by atoms with Crippen LogP contribution in [0, 0.1) is 5.82 Å². The van der Waals surface area contributed by atoms with E-state index in [1.165, 1.54) is 36.7 Å². The van der Waals surface area contributed by atoms with Gasteiger partial charge in [0.2, 0.25) is 0 Å². The summed E-state index contributed by atoms with van der Waals surface area (Å²) in [7, 11) is -0.202. The average Bonchev–Trinajstić information content (AvgIpc) is 2.63. The summed E-state index contributed by atoms with van der Waals surface area (Å²) < 4.78 is 43.5. The van der Waals surface area contributed by atoms with Crippen LogP contribution in [-0.4, -0.2) is 15.4 Å². The zero-order valence-corrected chi connectivity index (χ0v) is 16.0. The molecule has 1 saturated heterocycles. The van der Waals surface area contributed by atoms with E-state index in [1.807, 2.05) is 12.1 Å². The largest absolute Gasteiger partial charge is 0.435 e. The van der Waals surface area contributed by atoms with E-state index in [0.717, 1.165) is 29.5 Å². The molecule has 1 aliphatic heterocycles. The Hall–Kier alpha value is -1.75. The topological polar surface area (TPSA) is 9.23 Å². The fraction of sp³-hybridized carbons (Fsp3) is 0.429. The lowest BCUT2D eigenvalue weighted by Crippen LogP contribution is -2.20. The molecular weight excluding hydrogens is 353 g/mol. The highest BCUT2D eigenvalue weighted by Crippen LogP contribution is 2.37. The summed E-state index contributed by atoms with van der Waals surface area (Å²) in [4.78, 5) is 0. The molecule has 1 radical (unpaired) electrons. The minimum atomic E-state index is -2.84. The summed E-state index contributed by atoms with van der Waals surface area (Å²) in [6.07, 6.45) is 3.47. The normalized spacial score (nSPS) is 16.2. The summed E-state index contributed by atoms with van der Waals surface area (Å²) in [5, 5.41) is 0. The van der Waals surface area contributed by atoms with Gasteiger partial charge in [0.05, 0.1) is 0 Å². The minimum Gasteiger partial charge on any atom is -0.435 e. The van der Waals surface area contributed by atoms with Gasteiger partial charge in [0, 0.05) is 8.80 Å². The maximum atomic E-state index is 14.7. The van der Waals surface area contributed by atoms with Crippen LogP contribution in [0.5, 0.6) is 5.75 Å². The van der Waals surface area contributed by atoms with Crippen molar-refractivity contribution < 1.29 is 17.9 Å². The first-order chi connectivity index (χ1) is 12.6. The fourth-order valence-electron chi connectivity index (χ4n) is 3.81. The van der Waals surface area contributed by atoms with Crippen molar-refractivity contribution in [3.8, 4) is 16.9 Å². The van der Waals surface area contributed by atoms with E-state index in [2.05, 4.69) is 11.7 Å². The minimum absolute atomic E-state index is 0.104. The first-order valence-electron chi connectivity index (χ1n) is 9.25. The number of alkyl halides is 2. The molecule has 0 bridgehead atoms. The first-order valence-corrected chi connectivity index (χ1v) is 11.4. The summed E-state index contributed by atoms with van der Waals surface area (Å²) in [6.45, 7) is -0.596. The van der Waals surface area contributed by atoms with E-state index in [9.17, 15) is 13.2 Å². The highest BCUT2D eigenvalue weighted by Gasteiger charge is 2.24. The van der Waals surface area contributed by atoms with Crippen molar-refractivity contribution in [3.05, 3.63) is 53.8 Å². The van der Waals surface area contributed by atoms with Gasteiger partial charge in [0.15, 0.2) is 0 Å². The molecule has 0 atom stereocenters. The molecular formula is C21H24F3OSi. The predicted molar refractivity (Wildman–Crippen MR) is 101 cm³/mol. The van der Waals surface area contributed by atoms with E-state index in [0.29, 0.717) is 5.92 Å². The van der Waals surface area contributed by atoms with Gasteiger partial charge >= 0.3 is 6.61 Å². The Labute approximate surface area is 154 Å². The van der Waals surface area contributed by atoms with Gasteiger partial charge in [-0.05, 0) is 53.6 Å². The van der Waals surface area contributed by atoms with Crippen molar-refractivity contribution >= 4 is 8.80 Å². The van der Waals surface area contributed by atoms with E-state index in [1.54, 1.807) is 18.2 Å². The monoisotopic (exact) mass is 377 g/mol. The third kappa shape index (κ3) is 4.70. The van der Waals surface area contributed by atoms with Gasteiger partial charge in [-0.3, -0.25) is 0 Å². The van der Waals surface area contributed by atoms with Crippen LogP contribution in [0.25, 0.3) is 11.1 Å². The van der Waals surface area contributed by atoms with Crippen LogP contribution in [-0.2, 0) is 0 Å². The molecule has 2 aromatic carbocycles. The first kappa shape index (κ1) is 19.0. The second-order valence-corrected chi connectivity index (χ2v) is 9.91. The lowest BCUT2D eigenvalue weighted by molar-refractivity contribution is -0.0498. The molecule has 1 heterocycles. The van der Waals surface area contributed by atoms with Gasteiger partial charge in [-0.25, -0.2) is 4.39 Å². The van der Waals surface area contributed by atoms with Crippen LogP contribution in [0.2, 0.25) is 18.1 Å². The summed E-state index contributed by atoms with van der Waals surface area (Å²) in [6, 6.07) is 15.6. The third-order valence-corrected chi connectivity index (χ3v) is 8.35. The van der Waals surface area contributed by atoms with Crippen LogP contribution in [0.4, 0.5) is 13.2 Å². The Morgan fingerprint density at radius 3 is 2.27 bits per heavy atom. The van der Waals surface area contributed by atoms with Gasteiger partial charge in [0.1, 0.15) is 11.6 Å². The zero-order valence-electron chi connectivity index (χ0n) is 15.0. The number of benzene rings is 2. The van der Waals surface area contributed by atoms with E-state index >= 15 is 0 Å². The molecule has 0 saturated carbocycles. The van der Waals surface area contributed by atoms with Crippen LogP contribution >= 0.6 is 0 Å². The molecule has 1 aliphatic rings. The van der Waals surface area contributed by atoms with Gasteiger partial charge in [0.25, 0.3) is 0 Å². The highest BCUT2D eigenvalue weighted by atomic mass is 28.3. The SMILES string of the molecule is CCC[Si]1CCC(c2ccc(-c3ccc(OC(F)F)cc3)cc2F)CC1. The van der Waals surface area contributed by atoms with Gasteiger partial charge in [-0.2, -0.15) is 8.78 Å². The molecule has 0 aromatic heterocycles. The molecule has 0 aliphatic carbocycles. The fourth-order valence-corrected chi connectivity index (χ4v) is 6.78. The lowest BCUT2D eigenvalue weighted by atomic mass is 9.91. The Bertz CT molecular complexity index is 710. The standard InChI is InChI=1S/C21H24F3OSi/c1-2-11-26-12-9-16(10-13-26)19-8-5-17(14-20(19)22)15-3-6-18(7-4-15)25-21(23)24/h3-8,14,16,21H,2,9-13H2,1H3. The number of hydrogen-bond acceptors (Lipinski definition) is 1. The zero-order chi connectivity index (χ0) is 18.5. The van der Waals surface area contributed by atoms with Crippen molar-refractivity contribution in [2.75, 3.05) is 0 Å². The predicted octanol–water partition coefficient (Wildman–Crippen LogP) is 6.88. The highest BCUT2D eigenvalue weighted by molar-refractivity contribution is 6.59. The lowest BCUT2D eigenvalue weighted by Gasteiger charge is -2.28. The van der Waals surface area contributed by atoms with Gasteiger partial charge < -0.3 is 4.74 Å². The summed E-state index contributed by atoms with van der Waals surface area (Å²) in [5.41, 5.74) is 2.36. The summed E-state index contributed by atoms with van der Waals surface area (Å²) >= 11 is 0. The molecule has 26 heavy (non-hydrogen) atoms. The van der Waals surface area contributed by atoms with E-state index < -0.39 is 6.61 Å². The molecule has 5 heteroatoms. The molecule has 1 nitrogen and oxygen atoms in total. The van der Waals surface area contributed by atoms with Crippen LogP contribution < -0.4 is 4.74 Å². The third-order valence-electron chi connectivity index (χ3n) is 5.15. The molecule has 1 fully saturated rings. The smallest absolute Gasteiger partial charge is 0.387 e. The quantitative estimate of drug-likeness (QED) is 0.499. The maximum Gasteiger partial charge on any atom is 0.387 e. The molecule has 0 unspecified atom stereocenters. The van der Waals surface area contributed by atoms with E-state index in [4.69, 9.17) is 0 Å². The Morgan fingerprint density at radius 1 is 1.04 bits per heavy atom. The van der Waals surface area contributed by atoms with Crippen molar-refractivity contribution in [1.82, 2.24) is 0 Å². The molecule has 0 N–H and O–H groups in total. The molecule has 139 valence electrons. The Kier molecular flexibility index (Phi) is 6.41. The number of ether oxygens (including phenoxy) is 1. The van der Waals surface area contributed by atoms with Crippen LogP contribution in [0.1, 0.15) is 37.7 Å².